The van der Waals surface area contributed by atoms with Crippen LogP contribution >= 0.6 is 0 Å². The molecule has 1 aromatic heterocycles. The molecule has 1 fully saturated rings. The Morgan fingerprint density at radius 3 is 2.21 bits per heavy atom. The lowest BCUT2D eigenvalue weighted by molar-refractivity contribution is 0.0600. The smallest absolute Gasteiger partial charge is 0.337 e. The molecule has 0 amide bonds. The highest BCUT2D eigenvalue weighted by atomic mass is 32.2. The lowest BCUT2D eigenvalue weighted by atomic mass is 10.2. The number of hydrogen-bond acceptors (Lipinski definition) is 8. The van der Waals surface area contributed by atoms with Crippen LogP contribution in [0.4, 0.5) is 0 Å². The zero-order valence-electron chi connectivity index (χ0n) is 15.3. The largest absolute Gasteiger partial charge is 0.465 e. The molecule has 28 heavy (non-hydrogen) atoms. The van der Waals surface area contributed by atoms with Crippen molar-refractivity contribution in [1.82, 2.24) is 19.1 Å². The van der Waals surface area contributed by atoms with Gasteiger partial charge in [-0.15, -0.1) is 10.2 Å². The second kappa shape index (κ2) is 7.60. The van der Waals surface area contributed by atoms with E-state index in [-0.39, 0.29) is 41.5 Å². The third kappa shape index (κ3) is 3.66. The van der Waals surface area contributed by atoms with Crippen molar-refractivity contribution in [2.75, 3.05) is 20.2 Å². The van der Waals surface area contributed by atoms with Gasteiger partial charge in [0.05, 0.1) is 22.8 Å². The van der Waals surface area contributed by atoms with Crippen molar-refractivity contribution >= 4 is 25.8 Å². The first-order chi connectivity index (χ1) is 13.2. The van der Waals surface area contributed by atoms with E-state index in [0.717, 1.165) is 0 Å². The SMILES string of the molecule is COC(=O)c1ccc(S(=O)(=O)N2CCC(S(=O)(=O)c3nncn3C)CC2)cc1. The number of methoxy groups -OCH3 is 1. The van der Waals surface area contributed by atoms with Gasteiger partial charge < -0.3 is 9.30 Å². The minimum atomic E-state index is -3.79. The molecule has 10 nitrogen and oxygen atoms in total. The van der Waals surface area contributed by atoms with E-state index in [9.17, 15) is 21.6 Å². The number of carbonyl (C=O) groups is 1. The highest BCUT2D eigenvalue weighted by Gasteiger charge is 2.37. The summed E-state index contributed by atoms with van der Waals surface area (Å²) in [7, 11) is -4.69. The summed E-state index contributed by atoms with van der Waals surface area (Å²) in [4.78, 5) is 11.5. The Labute approximate surface area is 163 Å². The van der Waals surface area contributed by atoms with Gasteiger partial charge in [0.2, 0.25) is 25.0 Å². The number of benzene rings is 1. The van der Waals surface area contributed by atoms with E-state index in [1.165, 1.54) is 46.6 Å². The summed E-state index contributed by atoms with van der Waals surface area (Å²) < 4.78 is 58.2. The maximum Gasteiger partial charge on any atom is 0.337 e. The molecule has 1 aromatic carbocycles. The average Bonchev–Trinajstić information content (AvgIpc) is 3.14. The van der Waals surface area contributed by atoms with Crippen LogP contribution in [0.2, 0.25) is 0 Å². The highest BCUT2D eigenvalue weighted by molar-refractivity contribution is 7.92. The fourth-order valence-corrected chi connectivity index (χ4v) is 6.30. The van der Waals surface area contributed by atoms with Gasteiger partial charge in [0.15, 0.2) is 0 Å². The van der Waals surface area contributed by atoms with Crippen LogP contribution in [0.25, 0.3) is 0 Å². The molecule has 0 bridgehead atoms. The standard InChI is InChI=1S/C16H20N4O6S2/c1-19-11-17-18-16(19)27(22,23)13-7-9-20(10-8-13)28(24,25)14-5-3-12(4-6-14)15(21)26-2/h3-6,11,13H,7-10H2,1-2H3. The molecule has 1 saturated heterocycles. The first kappa shape index (κ1) is 20.4. The molecule has 3 rings (SSSR count). The summed E-state index contributed by atoms with van der Waals surface area (Å²) in [5.41, 5.74) is 0.245. The van der Waals surface area contributed by atoms with Gasteiger partial charge in [-0.25, -0.2) is 21.6 Å². The Kier molecular flexibility index (Phi) is 5.55. The molecule has 0 aliphatic carbocycles. The van der Waals surface area contributed by atoms with Crippen LogP contribution in [0.15, 0.2) is 40.6 Å². The van der Waals surface area contributed by atoms with Gasteiger partial charge in [-0.1, -0.05) is 0 Å². The summed E-state index contributed by atoms with van der Waals surface area (Å²) >= 11 is 0. The van der Waals surface area contributed by atoms with Crippen molar-refractivity contribution in [1.29, 1.82) is 0 Å². The number of aromatic nitrogens is 3. The van der Waals surface area contributed by atoms with Gasteiger partial charge in [-0.05, 0) is 37.1 Å². The fourth-order valence-electron chi connectivity index (χ4n) is 3.09. The number of sulfonamides is 1. The highest BCUT2D eigenvalue weighted by Crippen LogP contribution is 2.27. The Morgan fingerprint density at radius 2 is 1.71 bits per heavy atom. The molecular formula is C16H20N4O6S2. The van der Waals surface area contributed by atoms with E-state index >= 15 is 0 Å². The van der Waals surface area contributed by atoms with Crippen molar-refractivity contribution in [3.8, 4) is 0 Å². The monoisotopic (exact) mass is 428 g/mol. The summed E-state index contributed by atoms with van der Waals surface area (Å²) in [6.45, 7) is 0.145. The Morgan fingerprint density at radius 1 is 1.11 bits per heavy atom. The number of nitrogens with zero attached hydrogens (tertiary/aromatic N) is 4. The van der Waals surface area contributed by atoms with Gasteiger partial charge in [0.1, 0.15) is 6.33 Å². The number of piperidine rings is 1. The molecule has 0 radical (unpaired) electrons. The van der Waals surface area contributed by atoms with Gasteiger partial charge in [-0.3, -0.25) is 0 Å². The molecule has 0 N–H and O–H groups in total. The molecule has 2 heterocycles. The fraction of sp³-hybridized carbons (Fsp3) is 0.438. The molecule has 0 unspecified atom stereocenters. The van der Waals surface area contributed by atoms with Gasteiger partial charge in [-0.2, -0.15) is 4.31 Å². The molecule has 12 heteroatoms. The third-order valence-corrected chi connectivity index (χ3v) is 8.82. The van der Waals surface area contributed by atoms with Crippen molar-refractivity contribution < 1.29 is 26.4 Å². The number of sulfone groups is 1. The molecule has 1 aliphatic rings. The summed E-state index contributed by atoms with van der Waals surface area (Å²) in [5.74, 6) is -0.557. The molecule has 0 atom stereocenters. The minimum Gasteiger partial charge on any atom is -0.465 e. The Bertz CT molecular complexity index is 1070. The topological polar surface area (TPSA) is 129 Å². The van der Waals surface area contributed by atoms with E-state index in [2.05, 4.69) is 14.9 Å². The minimum absolute atomic E-state index is 0.0368. The molecule has 152 valence electrons. The van der Waals surface area contributed by atoms with Crippen LogP contribution in [0, 0.1) is 0 Å². The van der Waals surface area contributed by atoms with Crippen LogP contribution in [0.5, 0.6) is 0 Å². The van der Waals surface area contributed by atoms with Crippen LogP contribution in [-0.4, -0.2) is 67.3 Å². The number of aryl methyl sites for hydroxylation is 1. The number of ether oxygens (including phenoxy) is 1. The Hall–Kier alpha value is -2.31. The van der Waals surface area contributed by atoms with E-state index in [1.54, 1.807) is 7.05 Å². The number of carbonyl (C=O) groups excluding carboxylic acids is 1. The maximum absolute atomic E-state index is 12.8. The van der Waals surface area contributed by atoms with E-state index in [1.807, 2.05) is 0 Å². The summed E-state index contributed by atoms with van der Waals surface area (Å²) in [5, 5.41) is 6.42. The van der Waals surface area contributed by atoms with Crippen molar-refractivity contribution in [3.63, 3.8) is 0 Å². The van der Waals surface area contributed by atoms with Crippen molar-refractivity contribution in [2.24, 2.45) is 7.05 Å². The normalized spacial score (nSPS) is 16.8. The van der Waals surface area contributed by atoms with Crippen molar-refractivity contribution in [2.45, 2.75) is 28.1 Å². The first-order valence-electron chi connectivity index (χ1n) is 8.44. The number of esters is 1. The number of hydrogen-bond donors (Lipinski definition) is 0. The first-order valence-corrected chi connectivity index (χ1v) is 11.4. The molecule has 0 spiro atoms. The van der Waals surface area contributed by atoms with Gasteiger partial charge in [0.25, 0.3) is 0 Å². The zero-order valence-corrected chi connectivity index (χ0v) is 17.0. The van der Waals surface area contributed by atoms with Crippen LogP contribution < -0.4 is 0 Å². The molecule has 0 saturated carbocycles. The van der Waals surface area contributed by atoms with Crippen LogP contribution in [0.1, 0.15) is 23.2 Å². The second-order valence-corrected chi connectivity index (χ2v) is 10.4. The number of rotatable bonds is 5. The van der Waals surface area contributed by atoms with Crippen LogP contribution in [0.3, 0.4) is 0 Å². The predicted octanol–water partition coefficient (Wildman–Crippen LogP) is 0.229. The van der Waals surface area contributed by atoms with Crippen LogP contribution in [-0.2, 0) is 31.6 Å². The Balaban J connectivity index is 1.73. The van der Waals surface area contributed by atoms with E-state index < -0.39 is 31.1 Å². The second-order valence-electron chi connectivity index (χ2n) is 6.39. The van der Waals surface area contributed by atoms with Gasteiger partial charge in [0, 0.05) is 20.1 Å². The maximum atomic E-state index is 12.8. The van der Waals surface area contributed by atoms with E-state index in [4.69, 9.17) is 0 Å². The zero-order chi connectivity index (χ0) is 20.5. The lowest BCUT2D eigenvalue weighted by Gasteiger charge is -2.30. The lowest BCUT2D eigenvalue weighted by Crippen LogP contribution is -2.42. The van der Waals surface area contributed by atoms with Crippen molar-refractivity contribution in [3.05, 3.63) is 36.2 Å². The van der Waals surface area contributed by atoms with E-state index in [0.29, 0.717) is 0 Å². The molecule has 1 aliphatic heterocycles. The molecular weight excluding hydrogens is 408 g/mol. The molecule has 2 aromatic rings. The average molecular weight is 428 g/mol. The quantitative estimate of drug-likeness (QED) is 0.619. The summed E-state index contributed by atoms with van der Waals surface area (Å²) in [6.07, 6.45) is 1.63. The summed E-state index contributed by atoms with van der Waals surface area (Å²) in [6, 6.07) is 5.43. The predicted molar refractivity (Wildman–Crippen MR) is 97.8 cm³/mol. The third-order valence-electron chi connectivity index (χ3n) is 4.68. The van der Waals surface area contributed by atoms with Gasteiger partial charge >= 0.3 is 5.97 Å².